The number of aliphatic hydroxyl groups is 2. The smallest absolute Gasteiger partial charge is 0.327 e. The minimum Gasteiger partial charge on any atom is -0.481 e. The van der Waals surface area contributed by atoms with Crippen molar-refractivity contribution in [3.8, 4) is 0 Å². The number of hydroxylamine groups is 2. The van der Waals surface area contributed by atoms with Crippen molar-refractivity contribution in [1.82, 2.24) is 36.0 Å². The average Bonchev–Trinajstić information content (AvgIpc) is 3.48. The number of carbonyl (C=O) groups is 7. The van der Waals surface area contributed by atoms with Gasteiger partial charge in [-0.1, -0.05) is 13.3 Å². The Morgan fingerprint density at radius 2 is 1.41 bits per heavy atom. The van der Waals surface area contributed by atoms with E-state index in [1.54, 1.807) is 6.92 Å². The minimum absolute atomic E-state index is 0.0372. The van der Waals surface area contributed by atoms with Crippen LogP contribution in [0.4, 0.5) is 0 Å². The number of nitrogens with one attached hydrogen (secondary N) is 4. The van der Waals surface area contributed by atoms with E-state index in [0.29, 0.717) is 5.69 Å². The van der Waals surface area contributed by atoms with E-state index in [1.165, 1.54) is 19.4 Å². The molecule has 0 aliphatic heterocycles. The number of H-pyrrole nitrogens is 1. The van der Waals surface area contributed by atoms with Gasteiger partial charge in [-0.05, 0) is 32.4 Å². The van der Waals surface area contributed by atoms with Crippen molar-refractivity contribution in [2.24, 2.45) is 0 Å². The number of hydrogen-bond donors (Lipinski definition) is 10. The maximum Gasteiger partial charge on any atom is 0.327 e. The molecule has 10 N–H and O–H groups in total. The van der Waals surface area contributed by atoms with Crippen LogP contribution in [0.2, 0.25) is 0 Å². The summed E-state index contributed by atoms with van der Waals surface area (Å²) in [5, 5.41) is 64.3. The third-order valence-electron chi connectivity index (χ3n) is 6.48. The Morgan fingerprint density at radius 3 is 1.84 bits per heavy atom. The van der Waals surface area contributed by atoms with E-state index < -0.39 is 104 Å². The van der Waals surface area contributed by atoms with E-state index in [4.69, 9.17) is 9.68 Å². The summed E-state index contributed by atoms with van der Waals surface area (Å²) in [7, 11) is 0. The molecule has 22 nitrogen and oxygen atoms in total. The number of rotatable bonds is 24. The Kier molecular flexibility index (Phi) is 17.8. The van der Waals surface area contributed by atoms with Gasteiger partial charge in [0.25, 0.3) is 0 Å². The van der Waals surface area contributed by atoms with Crippen LogP contribution < -0.4 is 16.0 Å². The molecule has 0 saturated carbocycles. The SMILES string of the molecule is CCCC(C(NC(=O)C(Cc1cnc[nH]1)NC(=O)C(C)NC(=O)C(CC(=O)O)N(OC(C)O)OC(C)O)C(=O)O)N(CC(=O)O)CC(=O)O. The topological polar surface area (TPSA) is 331 Å². The van der Waals surface area contributed by atoms with Gasteiger partial charge < -0.3 is 51.6 Å². The zero-order valence-corrected chi connectivity index (χ0v) is 27.1. The average molecular weight is 706 g/mol. The Labute approximate surface area is 279 Å². The van der Waals surface area contributed by atoms with Gasteiger partial charge in [-0.25, -0.2) is 19.5 Å². The standard InChI is InChI=1S/C27H43N7O15/c1-5-6-18(33(10-21(39)40)11-22(41)42)23(27(46)47)32-25(44)17(7-16-9-28-12-29-16)31-24(43)13(2)30-26(45)19(8-20(37)38)34(48-14(3)35)49-15(4)36/h9,12-15,17-19,23,35-36H,5-8,10-11H2,1-4H3,(H,28,29)(H,30,45)(H,31,43)(H,32,44)(H,37,38)(H,39,40)(H,41,42)(H,46,47). The lowest BCUT2D eigenvalue weighted by Crippen LogP contribution is -2.61. The van der Waals surface area contributed by atoms with E-state index in [-0.39, 0.29) is 24.5 Å². The van der Waals surface area contributed by atoms with Crippen LogP contribution in [0.1, 0.15) is 52.7 Å². The molecule has 0 saturated heterocycles. The van der Waals surface area contributed by atoms with Gasteiger partial charge in [0.1, 0.15) is 18.1 Å². The zero-order valence-electron chi connectivity index (χ0n) is 27.1. The van der Waals surface area contributed by atoms with Gasteiger partial charge in [-0.2, -0.15) is 0 Å². The minimum atomic E-state index is -1.85. The first-order valence-corrected chi connectivity index (χ1v) is 14.9. The predicted octanol–water partition coefficient (Wildman–Crippen LogP) is -3.16. The largest absolute Gasteiger partial charge is 0.481 e. The Morgan fingerprint density at radius 1 is 0.837 bits per heavy atom. The summed E-state index contributed by atoms with van der Waals surface area (Å²) < 4.78 is 0. The van der Waals surface area contributed by atoms with Crippen LogP contribution in [0.5, 0.6) is 0 Å². The number of carboxylic acid groups (broad SMARTS) is 4. The number of hydrogen-bond acceptors (Lipinski definition) is 14. The number of aliphatic carboxylic acids is 4. The molecule has 1 rings (SSSR count). The lowest BCUT2D eigenvalue weighted by Gasteiger charge is -2.34. The third kappa shape index (κ3) is 15.4. The maximum atomic E-state index is 13.6. The molecule has 1 heterocycles. The van der Waals surface area contributed by atoms with E-state index in [2.05, 4.69) is 25.9 Å². The van der Waals surface area contributed by atoms with E-state index in [1.807, 2.05) is 0 Å². The number of amides is 3. The molecule has 0 spiro atoms. The molecule has 49 heavy (non-hydrogen) atoms. The summed E-state index contributed by atoms with van der Waals surface area (Å²) in [6, 6.07) is -8.04. The molecule has 22 heteroatoms. The zero-order chi connectivity index (χ0) is 37.4. The van der Waals surface area contributed by atoms with Crippen LogP contribution in [0.15, 0.2) is 12.5 Å². The highest BCUT2D eigenvalue weighted by Crippen LogP contribution is 2.15. The first kappa shape index (κ1) is 42.3. The van der Waals surface area contributed by atoms with Crippen LogP contribution in [0.3, 0.4) is 0 Å². The van der Waals surface area contributed by atoms with Gasteiger partial charge in [0.15, 0.2) is 18.6 Å². The summed E-state index contributed by atoms with van der Waals surface area (Å²) in [6.07, 6.45) is -1.72. The molecule has 0 aromatic carbocycles. The number of carboxylic acids is 4. The monoisotopic (exact) mass is 705 g/mol. The van der Waals surface area contributed by atoms with Crippen molar-refractivity contribution in [2.45, 2.75) is 96.2 Å². The Bertz CT molecular complexity index is 1250. The highest BCUT2D eigenvalue weighted by atomic mass is 17.0. The molecule has 3 amide bonds. The fourth-order valence-electron chi connectivity index (χ4n) is 4.47. The van der Waals surface area contributed by atoms with Crippen LogP contribution >= 0.6 is 0 Å². The number of imidazole rings is 1. The van der Waals surface area contributed by atoms with Crippen LogP contribution in [0.25, 0.3) is 0 Å². The second-order valence-electron chi connectivity index (χ2n) is 10.8. The number of aromatic nitrogens is 2. The van der Waals surface area contributed by atoms with E-state index >= 15 is 0 Å². The van der Waals surface area contributed by atoms with E-state index in [0.717, 1.165) is 18.7 Å². The summed E-state index contributed by atoms with van der Waals surface area (Å²) in [6.45, 7) is 3.30. The number of aliphatic hydroxyl groups excluding tert-OH is 2. The van der Waals surface area contributed by atoms with Gasteiger partial charge in [-0.15, -0.1) is 0 Å². The number of carbonyl (C=O) groups excluding carboxylic acids is 3. The normalized spacial score (nSPS) is 15.7. The Balaban J connectivity index is 3.33. The summed E-state index contributed by atoms with van der Waals surface area (Å²) >= 11 is 0. The molecule has 0 radical (unpaired) electrons. The van der Waals surface area contributed by atoms with Crippen molar-refractivity contribution in [3.63, 3.8) is 0 Å². The molecule has 0 aliphatic rings. The van der Waals surface area contributed by atoms with Crippen molar-refractivity contribution in [3.05, 3.63) is 18.2 Å². The molecular weight excluding hydrogens is 662 g/mol. The number of aromatic amines is 1. The first-order chi connectivity index (χ1) is 22.9. The van der Waals surface area contributed by atoms with Crippen LogP contribution in [-0.4, -0.2) is 148 Å². The maximum absolute atomic E-state index is 13.6. The third-order valence-corrected chi connectivity index (χ3v) is 6.48. The molecular formula is C27H43N7O15. The Hall–Kier alpha value is -4.74. The van der Waals surface area contributed by atoms with Gasteiger partial charge in [-0.3, -0.25) is 33.7 Å². The fraction of sp³-hybridized carbons (Fsp3) is 0.630. The van der Waals surface area contributed by atoms with E-state index in [9.17, 15) is 64.2 Å². The van der Waals surface area contributed by atoms with Crippen molar-refractivity contribution in [1.29, 1.82) is 0 Å². The predicted molar refractivity (Wildman–Crippen MR) is 160 cm³/mol. The van der Waals surface area contributed by atoms with Gasteiger partial charge in [0.2, 0.25) is 17.7 Å². The van der Waals surface area contributed by atoms with Crippen molar-refractivity contribution in [2.75, 3.05) is 13.1 Å². The van der Waals surface area contributed by atoms with Crippen molar-refractivity contribution >= 4 is 41.6 Å². The molecule has 0 aliphatic carbocycles. The quantitative estimate of drug-likeness (QED) is 0.0375. The summed E-state index contributed by atoms with van der Waals surface area (Å²) in [5.74, 6) is -9.30. The molecule has 0 fully saturated rings. The van der Waals surface area contributed by atoms with Crippen molar-refractivity contribution < 1.29 is 73.9 Å². The molecule has 1 aromatic rings. The molecule has 0 bridgehead atoms. The van der Waals surface area contributed by atoms with Crippen LogP contribution in [-0.2, 0) is 49.7 Å². The lowest BCUT2D eigenvalue weighted by molar-refractivity contribution is -0.451. The number of nitrogens with zero attached hydrogens (tertiary/aromatic N) is 3. The summed E-state index contributed by atoms with van der Waals surface area (Å²) in [4.78, 5) is 104. The molecule has 7 unspecified atom stereocenters. The highest BCUT2D eigenvalue weighted by Gasteiger charge is 2.38. The summed E-state index contributed by atoms with van der Waals surface area (Å²) in [5.41, 5.74) is 0.301. The van der Waals surface area contributed by atoms with Gasteiger partial charge in [0.05, 0.1) is 25.8 Å². The second kappa shape index (κ2) is 20.6. The molecule has 1 aromatic heterocycles. The fourth-order valence-corrected chi connectivity index (χ4v) is 4.47. The molecule has 276 valence electrons. The van der Waals surface area contributed by atoms with Gasteiger partial charge in [0, 0.05) is 24.4 Å². The molecule has 7 atom stereocenters. The van der Waals surface area contributed by atoms with Crippen LogP contribution in [0, 0.1) is 0 Å². The highest BCUT2D eigenvalue weighted by molar-refractivity contribution is 5.94. The lowest BCUT2D eigenvalue weighted by atomic mass is 9.99. The van der Waals surface area contributed by atoms with Gasteiger partial charge >= 0.3 is 23.9 Å². The second-order valence-corrected chi connectivity index (χ2v) is 10.8. The first-order valence-electron chi connectivity index (χ1n) is 14.9.